The molecule has 0 fully saturated rings. The maximum absolute atomic E-state index is 13.5. The lowest BCUT2D eigenvalue weighted by Gasteiger charge is -2.32. The third kappa shape index (κ3) is 3.56. The fourth-order valence-electron chi connectivity index (χ4n) is 2.73. The van der Waals surface area contributed by atoms with E-state index in [0.29, 0.717) is 23.7 Å². The van der Waals surface area contributed by atoms with Crippen LogP contribution < -0.4 is 4.74 Å². The van der Waals surface area contributed by atoms with E-state index < -0.39 is 19.2 Å². The molecule has 1 unspecified atom stereocenters. The second kappa shape index (κ2) is 7.97. The molecule has 1 aliphatic rings. The van der Waals surface area contributed by atoms with Gasteiger partial charge >= 0.3 is 13.6 Å². The number of esters is 1. The Morgan fingerprint density at radius 2 is 1.75 bits per heavy atom. The maximum Gasteiger partial charge on any atom is 0.344 e. The van der Waals surface area contributed by atoms with Crippen LogP contribution in [0, 0.1) is 0 Å². The van der Waals surface area contributed by atoms with Gasteiger partial charge in [-0.3, -0.25) is 4.57 Å². The number of hydrogen-bond donors (Lipinski definition) is 0. The molecule has 1 aliphatic heterocycles. The number of para-hydroxylation sites is 1. The normalized spacial score (nSPS) is 19.5. The average molecular weight is 354 g/mol. The number of ether oxygens (including phenoxy) is 2. The summed E-state index contributed by atoms with van der Waals surface area (Å²) >= 11 is 0. The van der Waals surface area contributed by atoms with Crippen molar-refractivity contribution >= 4 is 13.6 Å². The van der Waals surface area contributed by atoms with Crippen molar-refractivity contribution < 1.29 is 27.9 Å². The summed E-state index contributed by atoms with van der Waals surface area (Å²) in [7, 11) is -3.64. The average Bonchev–Trinajstić information content (AvgIpc) is 2.54. The Bertz CT molecular complexity index is 671. The number of allylic oxidation sites excluding steroid dienone is 1. The fraction of sp³-hybridized carbons (Fsp3) is 0.471. The van der Waals surface area contributed by atoms with Crippen LogP contribution in [-0.2, 0) is 23.1 Å². The molecule has 0 saturated heterocycles. The van der Waals surface area contributed by atoms with E-state index in [1.165, 1.54) is 0 Å². The number of rotatable bonds is 7. The highest BCUT2D eigenvalue weighted by molar-refractivity contribution is 7.54. The summed E-state index contributed by atoms with van der Waals surface area (Å²) in [6.07, 6.45) is 0. The monoisotopic (exact) mass is 354 g/mol. The molecule has 0 radical (unpaired) electrons. The first-order valence-electron chi connectivity index (χ1n) is 8.01. The second-order valence-electron chi connectivity index (χ2n) is 5.11. The molecule has 0 saturated carbocycles. The van der Waals surface area contributed by atoms with Crippen molar-refractivity contribution in [2.75, 3.05) is 19.8 Å². The van der Waals surface area contributed by atoms with Crippen LogP contribution in [0.3, 0.4) is 0 Å². The van der Waals surface area contributed by atoms with E-state index >= 15 is 0 Å². The Labute approximate surface area is 142 Å². The van der Waals surface area contributed by atoms with E-state index in [1.807, 2.05) is 6.92 Å². The number of benzene rings is 1. The minimum atomic E-state index is -3.64. The van der Waals surface area contributed by atoms with Gasteiger partial charge in [-0.05, 0) is 33.8 Å². The van der Waals surface area contributed by atoms with Gasteiger partial charge in [0.2, 0.25) is 0 Å². The molecule has 1 aromatic rings. The van der Waals surface area contributed by atoms with Gasteiger partial charge in [-0.1, -0.05) is 18.2 Å². The predicted octanol–water partition coefficient (Wildman–Crippen LogP) is 4.22. The number of carbonyl (C=O) groups is 1. The molecular weight excluding hydrogens is 331 g/mol. The predicted molar refractivity (Wildman–Crippen MR) is 90.0 cm³/mol. The maximum atomic E-state index is 13.5. The third-order valence-corrected chi connectivity index (χ3v) is 5.99. The summed E-state index contributed by atoms with van der Waals surface area (Å²) in [6.45, 7) is 7.71. The standard InChI is InChI=1S/C17H23O6P/c1-5-20-12(4)15-16(24(19,21-6-2)22-7-3)13-10-8-9-11-14(13)23-17(15)18/h8-11,16H,5-7H2,1-4H3/b15-12-. The lowest BCUT2D eigenvalue weighted by atomic mass is 10.00. The molecule has 0 spiro atoms. The summed E-state index contributed by atoms with van der Waals surface area (Å²) in [5, 5.41) is 0. The summed E-state index contributed by atoms with van der Waals surface area (Å²) in [4.78, 5) is 12.5. The van der Waals surface area contributed by atoms with Gasteiger partial charge in [-0.25, -0.2) is 4.79 Å². The highest BCUT2D eigenvalue weighted by Gasteiger charge is 2.48. The molecule has 0 amide bonds. The van der Waals surface area contributed by atoms with Crippen LogP contribution >= 0.6 is 7.60 Å². The molecule has 24 heavy (non-hydrogen) atoms. The zero-order valence-electron chi connectivity index (χ0n) is 14.4. The Hall–Kier alpha value is -1.62. The van der Waals surface area contributed by atoms with E-state index in [-0.39, 0.29) is 18.8 Å². The minimum absolute atomic E-state index is 0.181. The van der Waals surface area contributed by atoms with Crippen molar-refractivity contribution in [3.63, 3.8) is 0 Å². The van der Waals surface area contributed by atoms with Gasteiger partial charge in [0.05, 0.1) is 25.4 Å². The zero-order chi connectivity index (χ0) is 17.7. The van der Waals surface area contributed by atoms with Crippen LogP contribution in [0.2, 0.25) is 0 Å². The van der Waals surface area contributed by atoms with Crippen molar-refractivity contribution in [3.8, 4) is 5.75 Å². The molecular formula is C17H23O6P. The van der Waals surface area contributed by atoms with Gasteiger partial charge in [-0.2, -0.15) is 0 Å². The van der Waals surface area contributed by atoms with Crippen LogP contribution in [0.5, 0.6) is 5.75 Å². The number of carbonyl (C=O) groups excluding carboxylic acids is 1. The zero-order valence-corrected chi connectivity index (χ0v) is 15.3. The van der Waals surface area contributed by atoms with Crippen LogP contribution in [0.1, 0.15) is 38.9 Å². The fourth-order valence-corrected chi connectivity index (χ4v) is 4.98. The van der Waals surface area contributed by atoms with Crippen molar-refractivity contribution in [2.24, 2.45) is 0 Å². The lowest BCUT2D eigenvalue weighted by Crippen LogP contribution is -2.26. The summed E-state index contributed by atoms with van der Waals surface area (Å²) in [6, 6.07) is 6.96. The highest BCUT2D eigenvalue weighted by Crippen LogP contribution is 2.66. The van der Waals surface area contributed by atoms with E-state index in [1.54, 1.807) is 45.0 Å². The summed E-state index contributed by atoms with van der Waals surface area (Å²) < 4.78 is 35.4. The molecule has 2 rings (SSSR count). The Kier molecular flexibility index (Phi) is 6.21. The molecule has 0 aromatic heterocycles. The molecule has 1 heterocycles. The Morgan fingerprint density at radius 1 is 1.12 bits per heavy atom. The van der Waals surface area contributed by atoms with Crippen molar-refractivity contribution in [2.45, 2.75) is 33.4 Å². The van der Waals surface area contributed by atoms with E-state index in [0.717, 1.165) is 0 Å². The van der Waals surface area contributed by atoms with Gasteiger partial charge in [0.1, 0.15) is 17.2 Å². The van der Waals surface area contributed by atoms with Gasteiger partial charge < -0.3 is 18.5 Å². The topological polar surface area (TPSA) is 71.1 Å². The van der Waals surface area contributed by atoms with Crippen LogP contribution in [0.25, 0.3) is 0 Å². The second-order valence-corrected chi connectivity index (χ2v) is 7.22. The van der Waals surface area contributed by atoms with Crippen LogP contribution in [0.15, 0.2) is 35.6 Å². The molecule has 7 heteroatoms. The van der Waals surface area contributed by atoms with Crippen molar-refractivity contribution in [1.82, 2.24) is 0 Å². The molecule has 1 atom stereocenters. The molecule has 0 bridgehead atoms. The van der Waals surface area contributed by atoms with E-state index in [9.17, 15) is 9.36 Å². The SMILES string of the molecule is CCO/C(C)=C1\C(=O)Oc2ccccc2C1P(=O)(OCC)OCC. The first-order chi connectivity index (χ1) is 11.5. The van der Waals surface area contributed by atoms with Gasteiger partial charge in [0.25, 0.3) is 0 Å². The minimum Gasteiger partial charge on any atom is -0.498 e. The van der Waals surface area contributed by atoms with Crippen LogP contribution in [0.4, 0.5) is 0 Å². The molecule has 1 aromatic carbocycles. The first kappa shape index (κ1) is 18.7. The number of hydrogen-bond acceptors (Lipinski definition) is 6. The van der Waals surface area contributed by atoms with E-state index in [4.69, 9.17) is 18.5 Å². The summed E-state index contributed by atoms with van der Waals surface area (Å²) in [5.41, 5.74) is -0.0985. The van der Waals surface area contributed by atoms with Gasteiger partial charge in [-0.15, -0.1) is 0 Å². The van der Waals surface area contributed by atoms with Gasteiger partial charge in [0.15, 0.2) is 0 Å². The largest absolute Gasteiger partial charge is 0.498 e. The number of fused-ring (bicyclic) bond motifs is 1. The summed E-state index contributed by atoms with van der Waals surface area (Å²) in [5.74, 6) is 0.131. The Balaban J connectivity index is 2.69. The first-order valence-corrected chi connectivity index (χ1v) is 9.63. The van der Waals surface area contributed by atoms with Crippen molar-refractivity contribution in [3.05, 3.63) is 41.2 Å². The molecule has 6 nitrogen and oxygen atoms in total. The van der Waals surface area contributed by atoms with E-state index in [2.05, 4.69) is 0 Å². The smallest absolute Gasteiger partial charge is 0.344 e. The Morgan fingerprint density at radius 3 is 2.33 bits per heavy atom. The molecule has 0 N–H and O–H groups in total. The highest BCUT2D eigenvalue weighted by atomic mass is 31.2. The van der Waals surface area contributed by atoms with Gasteiger partial charge in [0, 0.05) is 5.56 Å². The third-order valence-electron chi connectivity index (χ3n) is 3.58. The molecule has 0 aliphatic carbocycles. The molecule has 132 valence electrons. The lowest BCUT2D eigenvalue weighted by molar-refractivity contribution is -0.131. The quantitative estimate of drug-likeness (QED) is 0.240. The van der Waals surface area contributed by atoms with Crippen LogP contribution in [-0.4, -0.2) is 25.8 Å². The van der Waals surface area contributed by atoms with Crippen molar-refractivity contribution in [1.29, 1.82) is 0 Å².